The fraction of sp³-hybridized carbons (Fsp3) is 0.500. The summed E-state index contributed by atoms with van der Waals surface area (Å²) in [5.41, 5.74) is 2.25. The first-order valence-corrected chi connectivity index (χ1v) is 7.49. The van der Waals surface area contributed by atoms with Crippen LogP contribution < -0.4 is 16.0 Å². The molecule has 0 aromatic heterocycles. The number of benzene rings is 1. The zero-order chi connectivity index (χ0) is 15.2. The van der Waals surface area contributed by atoms with Crippen molar-refractivity contribution in [3.63, 3.8) is 0 Å². The van der Waals surface area contributed by atoms with Gasteiger partial charge in [0.15, 0.2) is 0 Å². The molecule has 1 aliphatic rings. The molecule has 0 spiro atoms. The number of hydrogen-bond donors (Lipinski definition) is 3. The van der Waals surface area contributed by atoms with Gasteiger partial charge in [-0.1, -0.05) is 0 Å². The number of hydrogen-bond acceptors (Lipinski definition) is 3. The minimum Gasteiger partial charge on any atom is -0.352 e. The van der Waals surface area contributed by atoms with E-state index in [4.69, 9.17) is 0 Å². The highest BCUT2D eigenvalue weighted by Crippen LogP contribution is 2.27. The van der Waals surface area contributed by atoms with Crippen molar-refractivity contribution < 1.29 is 9.59 Å². The Labute approximate surface area is 137 Å². The molecular weight excluding hydrogens is 302 g/mol. The van der Waals surface area contributed by atoms with Crippen LogP contribution in [0.25, 0.3) is 0 Å². The molecule has 1 saturated carbocycles. The number of nitrogens with one attached hydrogen (secondary N) is 3. The lowest BCUT2D eigenvalue weighted by Gasteiger charge is -2.10. The van der Waals surface area contributed by atoms with Crippen molar-refractivity contribution in [1.29, 1.82) is 0 Å². The summed E-state index contributed by atoms with van der Waals surface area (Å²) >= 11 is 0. The van der Waals surface area contributed by atoms with E-state index in [9.17, 15) is 9.59 Å². The molecule has 1 aromatic rings. The van der Waals surface area contributed by atoms with Crippen molar-refractivity contribution in [3.05, 3.63) is 29.3 Å². The number of carbonyl (C=O) groups is 2. The maximum Gasteiger partial charge on any atom is 0.251 e. The van der Waals surface area contributed by atoms with E-state index in [-0.39, 0.29) is 24.2 Å². The normalized spacial score (nSPS) is 13.2. The molecular formula is C16H24ClN3O2. The monoisotopic (exact) mass is 325 g/mol. The zero-order valence-corrected chi connectivity index (χ0v) is 13.9. The Morgan fingerprint density at radius 2 is 2.00 bits per heavy atom. The summed E-state index contributed by atoms with van der Waals surface area (Å²) in [6.07, 6.45) is 2.55. The van der Waals surface area contributed by atoms with Gasteiger partial charge in [0.05, 0.1) is 6.54 Å². The molecule has 1 aromatic carbocycles. The summed E-state index contributed by atoms with van der Waals surface area (Å²) in [5, 5.41) is 8.78. The number of rotatable bonds is 7. The van der Waals surface area contributed by atoms with Crippen molar-refractivity contribution in [2.75, 3.05) is 25.0 Å². The zero-order valence-electron chi connectivity index (χ0n) is 13.1. The van der Waals surface area contributed by atoms with Crippen molar-refractivity contribution in [2.24, 2.45) is 5.92 Å². The third-order valence-corrected chi connectivity index (χ3v) is 3.52. The Balaban J connectivity index is 0.00000242. The molecule has 1 fully saturated rings. The Bertz CT molecular complexity index is 530. The fourth-order valence-corrected chi connectivity index (χ4v) is 2.11. The van der Waals surface area contributed by atoms with E-state index in [2.05, 4.69) is 16.0 Å². The summed E-state index contributed by atoms with van der Waals surface area (Å²) in [5.74, 6) is 0.616. The predicted octanol–water partition coefficient (Wildman–Crippen LogP) is 2.10. The maximum absolute atomic E-state index is 11.8. The standard InChI is InChI=1S/C16H23N3O2.ClH/c1-3-18-16(21)13-6-7-14(11(2)8-13)19-15(20)10-17-9-12-4-5-12;/h6-8,12,17H,3-5,9-10H2,1-2H3,(H,18,21)(H,19,20);1H. The van der Waals surface area contributed by atoms with Crippen LogP contribution in [0, 0.1) is 12.8 Å². The molecule has 2 amide bonds. The van der Waals surface area contributed by atoms with Crippen LogP contribution in [-0.2, 0) is 4.79 Å². The first-order valence-electron chi connectivity index (χ1n) is 7.49. The molecule has 2 rings (SSSR count). The molecule has 3 N–H and O–H groups in total. The van der Waals surface area contributed by atoms with Crippen molar-refractivity contribution in [3.8, 4) is 0 Å². The van der Waals surface area contributed by atoms with Gasteiger partial charge in [-0.15, -0.1) is 12.4 Å². The summed E-state index contributed by atoms with van der Waals surface area (Å²) in [6.45, 7) is 5.61. The van der Waals surface area contributed by atoms with Gasteiger partial charge in [-0.3, -0.25) is 9.59 Å². The fourth-order valence-electron chi connectivity index (χ4n) is 2.11. The average Bonchev–Trinajstić information content (AvgIpc) is 3.25. The molecule has 0 bridgehead atoms. The van der Waals surface area contributed by atoms with Gasteiger partial charge in [0.2, 0.25) is 5.91 Å². The van der Waals surface area contributed by atoms with Crippen molar-refractivity contribution in [2.45, 2.75) is 26.7 Å². The topological polar surface area (TPSA) is 70.2 Å². The highest BCUT2D eigenvalue weighted by atomic mass is 35.5. The highest BCUT2D eigenvalue weighted by molar-refractivity contribution is 5.97. The second-order valence-corrected chi connectivity index (χ2v) is 5.51. The van der Waals surface area contributed by atoms with Crippen LogP contribution in [0.15, 0.2) is 18.2 Å². The van der Waals surface area contributed by atoms with Gasteiger partial charge in [0.1, 0.15) is 0 Å². The smallest absolute Gasteiger partial charge is 0.251 e. The Kier molecular flexibility index (Phi) is 7.35. The Morgan fingerprint density at radius 1 is 1.27 bits per heavy atom. The summed E-state index contributed by atoms with van der Waals surface area (Å²) in [7, 11) is 0. The highest BCUT2D eigenvalue weighted by Gasteiger charge is 2.20. The molecule has 0 saturated heterocycles. The van der Waals surface area contributed by atoms with Gasteiger partial charge in [-0.2, -0.15) is 0 Å². The van der Waals surface area contributed by atoms with Crippen molar-refractivity contribution in [1.82, 2.24) is 10.6 Å². The van der Waals surface area contributed by atoms with Crippen LogP contribution in [0.4, 0.5) is 5.69 Å². The number of amides is 2. The third-order valence-electron chi connectivity index (χ3n) is 3.52. The van der Waals surface area contributed by atoms with E-state index in [0.29, 0.717) is 18.7 Å². The van der Waals surface area contributed by atoms with Gasteiger partial charge < -0.3 is 16.0 Å². The van der Waals surface area contributed by atoms with Gasteiger partial charge >= 0.3 is 0 Å². The van der Waals surface area contributed by atoms with E-state index in [1.54, 1.807) is 18.2 Å². The van der Waals surface area contributed by atoms with Crippen LogP contribution in [0.3, 0.4) is 0 Å². The molecule has 1 aliphatic carbocycles. The summed E-state index contributed by atoms with van der Waals surface area (Å²) in [4.78, 5) is 23.6. The lowest BCUT2D eigenvalue weighted by atomic mass is 10.1. The molecule has 22 heavy (non-hydrogen) atoms. The van der Waals surface area contributed by atoms with E-state index >= 15 is 0 Å². The van der Waals surface area contributed by atoms with E-state index in [0.717, 1.165) is 23.7 Å². The van der Waals surface area contributed by atoms with Crippen LogP contribution in [0.1, 0.15) is 35.7 Å². The van der Waals surface area contributed by atoms with E-state index in [1.807, 2.05) is 13.8 Å². The molecule has 6 heteroatoms. The van der Waals surface area contributed by atoms with Crippen LogP contribution in [0.5, 0.6) is 0 Å². The second kappa shape index (κ2) is 8.76. The molecule has 0 aliphatic heterocycles. The lowest BCUT2D eigenvalue weighted by molar-refractivity contribution is -0.115. The lowest BCUT2D eigenvalue weighted by Crippen LogP contribution is -2.29. The Morgan fingerprint density at radius 3 is 2.59 bits per heavy atom. The van der Waals surface area contributed by atoms with Gasteiger partial charge in [-0.05, 0) is 62.9 Å². The molecule has 0 unspecified atom stereocenters. The number of halogens is 1. The second-order valence-electron chi connectivity index (χ2n) is 5.51. The average molecular weight is 326 g/mol. The summed E-state index contributed by atoms with van der Waals surface area (Å²) < 4.78 is 0. The Hall–Kier alpha value is -1.59. The van der Waals surface area contributed by atoms with Gasteiger partial charge in [0, 0.05) is 17.8 Å². The van der Waals surface area contributed by atoms with E-state index < -0.39 is 0 Å². The number of anilines is 1. The third kappa shape index (κ3) is 5.66. The minimum atomic E-state index is -0.0930. The molecule has 0 heterocycles. The minimum absolute atomic E-state index is 0. The van der Waals surface area contributed by atoms with Crippen LogP contribution in [0.2, 0.25) is 0 Å². The van der Waals surface area contributed by atoms with Crippen molar-refractivity contribution >= 4 is 29.9 Å². The first kappa shape index (κ1) is 18.5. The van der Waals surface area contributed by atoms with Crippen LogP contribution >= 0.6 is 12.4 Å². The largest absolute Gasteiger partial charge is 0.352 e. The van der Waals surface area contributed by atoms with Crippen LogP contribution in [-0.4, -0.2) is 31.4 Å². The molecule has 0 radical (unpaired) electrons. The molecule has 0 atom stereocenters. The molecule has 122 valence electrons. The quantitative estimate of drug-likeness (QED) is 0.719. The van der Waals surface area contributed by atoms with Gasteiger partial charge in [0.25, 0.3) is 5.91 Å². The number of aryl methyl sites for hydroxylation is 1. The SMILES string of the molecule is CCNC(=O)c1ccc(NC(=O)CNCC2CC2)c(C)c1.Cl. The summed E-state index contributed by atoms with van der Waals surface area (Å²) in [6, 6.07) is 5.29. The molecule has 5 nitrogen and oxygen atoms in total. The van der Waals surface area contributed by atoms with Gasteiger partial charge in [-0.25, -0.2) is 0 Å². The van der Waals surface area contributed by atoms with E-state index in [1.165, 1.54) is 12.8 Å². The predicted molar refractivity (Wildman–Crippen MR) is 90.7 cm³/mol. The first-order chi connectivity index (χ1) is 10.1. The number of carbonyl (C=O) groups excluding carboxylic acids is 2. The maximum atomic E-state index is 11.8.